The highest BCUT2D eigenvalue weighted by Gasteiger charge is 2.69. The van der Waals surface area contributed by atoms with Crippen LogP contribution in [0.2, 0.25) is 0 Å². The van der Waals surface area contributed by atoms with Crippen LogP contribution >= 0.6 is 0 Å². The maximum atomic E-state index is 13.7. The molecule has 2 atom stereocenters. The molecule has 0 spiro atoms. The van der Waals surface area contributed by atoms with Crippen molar-refractivity contribution in [3.63, 3.8) is 0 Å². The summed E-state index contributed by atoms with van der Waals surface area (Å²) in [6, 6.07) is 0. The summed E-state index contributed by atoms with van der Waals surface area (Å²) in [4.78, 5) is 0. The zero-order valence-corrected chi connectivity index (χ0v) is 10.4. The fourth-order valence-corrected chi connectivity index (χ4v) is 1.28. The number of ether oxygens (including phenoxy) is 1. The summed E-state index contributed by atoms with van der Waals surface area (Å²) < 4.78 is 128. The highest BCUT2D eigenvalue weighted by Crippen LogP contribution is 2.47. The number of aliphatic hydroxyl groups excluding tert-OH is 1. The Labute approximate surface area is 111 Å². The van der Waals surface area contributed by atoms with Gasteiger partial charge in [0.2, 0.25) is 0 Å². The molecule has 0 bridgehead atoms. The van der Waals surface area contributed by atoms with Crippen LogP contribution in [0.25, 0.3) is 0 Å². The number of aliphatic hydroxyl groups is 1. The van der Waals surface area contributed by atoms with Crippen LogP contribution in [0.3, 0.4) is 0 Å². The van der Waals surface area contributed by atoms with Crippen LogP contribution in [0, 0.1) is 0 Å². The van der Waals surface area contributed by atoms with Crippen LogP contribution in [0.15, 0.2) is 0 Å². The molecule has 0 aromatic carbocycles. The molecule has 0 amide bonds. The van der Waals surface area contributed by atoms with Crippen molar-refractivity contribution < 1.29 is 53.7 Å². The third-order valence-corrected chi connectivity index (χ3v) is 2.60. The van der Waals surface area contributed by atoms with E-state index in [9.17, 15) is 43.9 Å². The molecule has 0 aromatic rings. The average molecular weight is 340 g/mol. The molecule has 0 saturated carbocycles. The zero-order valence-electron chi connectivity index (χ0n) is 10.4. The van der Waals surface area contributed by atoms with Crippen molar-refractivity contribution in [3.8, 4) is 0 Å². The van der Waals surface area contributed by atoms with Crippen molar-refractivity contribution in [3.05, 3.63) is 0 Å². The van der Waals surface area contributed by atoms with E-state index in [2.05, 4.69) is 4.74 Å². The molecule has 2 unspecified atom stereocenters. The van der Waals surface area contributed by atoms with Gasteiger partial charge in [-0.05, 0) is 13.8 Å². The van der Waals surface area contributed by atoms with Crippen LogP contribution < -0.4 is 0 Å². The second-order valence-corrected chi connectivity index (χ2v) is 4.54. The Morgan fingerprint density at radius 1 is 0.905 bits per heavy atom. The van der Waals surface area contributed by atoms with Crippen molar-refractivity contribution in [2.45, 2.75) is 49.8 Å². The van der Waals surface area contributed by atoms with Gasteiger partial charge in [-0.1, -0.05) is 0 Å². The van der Waals surface area contributed by atoms with E-state index in [1.54, 1.807) is 0 Å². The summed E-state index contributed by atoms with van der Waals surface area (Å²) in [5.41, 5.74) is -8.55. The van der Waals surface area contributed by atoms with Crippen LogP contribution in [-0.2, 0) is 4.74 Å². The van der Waals surface area contributed by atoms with Crippen LogP contribution in [0.5, 0.6) is 0 Å². The first-order valence-corrected chi connectivity index (χ1v) is 5.07. The minimum absolute atomic E-state index is 0.00765. The molecule has 0 aliphatic rings. The lowest BCUT2D eigenvalue weighted by atomic mass is 9.87. The average Bonchev–Trinajstić information content (AvgIpc) is 2.22. The van der Waals surface area contributed by atoms with Gasteiger partial charge in [-0.3, -0.25) is 0 Å². The molecule has 128 valence electrons. The second kappa shape index (κ2) is 5.45. The van der Waals surface area contributed by atoms with Crippen molar-refractivity contribution in [2.75, 3.05) is 6.61 Å². The first kappa shape index (κ1) is 20.2. The minimum atomic E-state index is -6.14. The van der Waals surface area contributed by atoms with E-state index >= 15 is 0 Å². The Balaban J connectivity index is 5.56. The van der Waals surface area contributed by atoms with Crippen LogP contribution in [0.1, 0.15) is 13.8 Å². The van der Waals surface area contributed by atoms with Crippen molar-refractivity contribution >= 4 is 0 Å². The quantitative estimate of drug-likeness (QED) is 0.776. The van der Waals surface area contributed by atoms with E-state index < -0.39 is 42.5 Å². The maximum Gasteiger partial charge on any atom is 0.428 e. The monoisotopic (exact) mass is 340 g/mol. The normalized spacial score (nSPS) is 19.3. The number of rotatable bonds is 5. The number of halogens is 10. The van der Waals surface area contributed by atoms with E-state index in [1.165, 1.54) is 0 Å². The maximum absolute atomic E-state index is 13.7. The summed E-state index contributed by atoms with van der Waals surface area (Å²) in [5.74, 6) is 0. The topological polar surface area (TPSA) is 29.5 Å². The third kappa shape index (κ3) is 3.90. The summed E-state index contributed by atoms with van der Waals surface area (Å²) in [6.07, 6.45) is -22.9. The molecule has 0 radical (unpaired) electrons. The Morgan fingerprint density at radius 3 is 1.52 bits per heavy atom. The van der Waals surface area contributed by atoms with Crippen molar-refractivity contribution in [1.82, 2.24) is 0 Å². The Morgan fingerprint density at radius 2 is 1.29 bits per heavy atom. The molecule has 0 aromatic heterocycles. The summed E-state index contributed by atoms with van der Waals surface area (Å²) >= 11 is 0. The first-order chi connectivity index (χ1) is 8.92. The molecular formula is C9H10F10O2. The molecule has 2 nitrogen and oxygen atoms in total. The first-order valence-electron chi connectivity index (χ1n) is 5.07. The molecule has 0 aliphatic heterocycles. The molecule has 0 aliphatic carbocycles. The van der Waals surface area contributed by atoms with Gasteiger partial charge in [-0.2, -0.15) is 35.1 Å². The van der Waals surface area contributed by atoms with Crippen molar-refractivity contribution in [1.29, 1.82) is 0 Å². The van der Waals surface area contributed by atoms with Crippen molar-refractivity contribution in [2.24, 2.45) is 0 Å². The SMILES string of the molecule is CC(C)(OC(F)(F)C(F)C(F)(F)F)C(F)(CO)C(F)(F)F. The molecule has 1 N–H and O–H groups in total. The van der Waals surface area contributed by atoms with Crippen LogP contribution in [-0.4, -0.2) is 47.6 Å². The Kier molecular flexibility index (Phi) is 5.25. The van der Waals surface area contributed by atoms with E-state index in [1.807, 2.05) is 0 Å². The van der Waals surface area contributed by atoms with Gasteiger partial charge >= 0.3 is 18.5 Å². The molecule has 0 heterocycles. The highest BCUT2D eigenvalue weighted by molar-refractivity contribution is 5.02. The fraction of sp³-hybridized carbons (Fsp3) is 1.00. The van der Waals surface area contributed by atoms with Gasteiger partial charge in [-0.25, -0.2) is 8.78 Å². The molecule has 0 rings (SSSR count). The largest absolute Gasteiger partial charge is 0.428 e. The van der Waals surface area contributed by atoms with E-state index in [0.717, 1.165) is 0 Å². The van der Waals surface area contributed by atoms with E-state index in [4.69, 9.17) is 5.11 Å². The minimum Gasteiger partial charge on any atom is -0.393 e. The summed E-state index contributed by atoms with van der Waals surface area (Å²) in [5, 5.41) is 8.42. The highest BCUT2D eigenvalue weighted by atomic mass is 19.4. The lowest BCUT2D eigenvalue weighted by molar-refractivity contribution is -0.397. The van der Waals surface area contributed by atoms with Gasteiger partial charge in [0.25, 0.3) is 11.8 Å². The molecule has 0 fully saturated rings. The number of hydrogen-bond acceptors (Lipinski definition) is 2. The smallest absolute Gasteiger partial charge is 0.393 e. The Bertz CT molecular complexity index is 361. The predicted molar refractivity (Wildman–Crippen MR) is 48.0 cm³/mol. The van der Waals surface area contributed by atoms with Gasteiger partial charge in [0.05, 0.1) is 6.61 Å². The molecule has 12 heteroatoms. The van der Waals surface area contributed by atoms with Crippen LogP contribution in [0.4, 0.5) is 43.9 Å². The zero-order chi connectivity index (χ0) is 17.5. The lowest BCUT2D eigenvalue weighted by Gasteiger charge is -2.42. The van der Waals surface area contributed by atoms with E-state index in [-0.39, 0.29) is 13.8 Å². The summed E-state index contributed by atoms with van der Waals surface area (Å²) in [6.45, 7) is -2.40. The van der Waals surface area contributed by atoms with E-state index in [0.29, 0.717) is 0 Å². The van der Waals surface area contributed by atoms with Gasteiger partial charge in [-0.15, -0.1) is 0 Å². The van der Waals surface area contributed by atoms with Gasteiger partial charge < -0.3 is 9.84 Å². The Hall–Kier alpha value is -0.780. The van der Waals surface area contributed by atoms with Gasteiger partial charge in [0.15, 0.2) is 0 Å². The number of alkyl halides is 10. The fourth-order valence-electron chi connectivity index (χ4n) is 1.28. The predicted octanol–water partition coefficient (Wildman–Crippen LogP) is 3.54. The molecule has 0 saturated heterocycles. The van der Waals surface area contributed by atoms with Gasteiger partial charge in [0.1, 0.15) is 5.60 Å². The van der Waals surface area contributed by atoms with Gasteiger partial charge in [0, 0.05) is 0 Å². The second-order valence-electron chi connectivity index (χ2n) is 4.54. The lowest BCUT2D eigenvalue weighted by Crippen LogP contribution is -2.63. The number of hydrogen-bond donors (Lipinski definition) is 1. The molecular weight excluding hydrogens is 330 g/mol. The summed E-state index contributed by atoms with van der Waals surface area (Å²) in [7, 11) is 0. The third-order valence-electron chi connectivity index (χ3n) is 2.60. The standard InChI is InChI=1S/C9H10F10O2/c1-5(2,6(11,3-20)9(17,18)19)21-8(15,16)4(10)7(12,13)14/h4,20H,3H2,1-2H3. The molecule has 21 heavy (non-hydrogen) atoms.